The lowest BCUT2D eigenvalue weighted by molar-refractivity contribution is 0.355. The zero-order chi connectivity index (χ0) is 13.5. The summed E-state index contributed by atoms with van der Waals surface area (Å²) in [5, 5.41) is 7.06. The van der Waals surface area contributed by atoms with Gasteiger partial charge in [0.05, 0.1) is 0 Å². The van der Waals surface area contributed by atoms with Gasteiger partial charge in [0.1, 0.15) is 0 Å². The molecule has 1 aliphatic rings. The van der Waals surface area contributed by atoms with Crippen LogP contribution < -0.4 is 10.6 Å². The second-order valence-electron chi connectivity index (χ2n) is 5.83. The van der Waals surface area contributed by atoms with E-state index in [2.05, 4.69) is 53.9 Å². The maximum Gasteiger partial charge on any atom is 0.0230 e. The highest BCUT2D eigenvalue weighted by atomic mass is 15.0. The van der Waals surface area contributed by atoms with Crippen molar-refractivity contribution in [3.8, 4) is 0 Å². The van der Waals surface area contributed by atoms with Crippen molar-refractivity contribution in [1.82, 2.24) is 15.5 Å². The van der Waals surface area contributed by atoms with Crippen molar-refractivity contribution in [1.29, 1.82) is 0 Å². The van der Waals surface area contributed by atoms with Gasteiger partial charge >= 0.3 is 0 Å². The zero-order valence-corrected chi connectivity index (χ0v) is 12.3. The van der Waals surface area contributed by atoms with Gasteiger partial charge in [-0.1, -0.05) is 24.3 Å². The lowest BCUT2D eigenvalue weighted by Crippen LogP contribution is -2.33. The summed E-state index contributed by atoms with van der Waals surface area (Å²) in [4.78, 5) is 2.23. The fourth-order valence-corrected chi connectivity index (χ4v) is 2.72. The molecule has 0 amide bonds. The van der Waals surface area contributed by atoms with Crippen molar-refractivity contribution < 1.29 is 0 Å². The van der Waals surface area contributed by atoms with Crippen LogP contribution in [0.4, 0.5) is 0 Å². The molecule has 0 aromatic heterocycles. The molecule has 2 N–H and O–H groups in total. The predicted molar refractivity (Wildman–Crippen MR) is 81.1 cm³/mol. The number of nitrogens with one attached hydrogen (secondary N) is 2. The van der Waals surface area contributed by atoms with Crippen molar-refractivity contribution in [2.45, 2.75) is 25.9 Å². The Bertz CT molecular complexity index is 370. The van der Waals surface area contributed by atoms with Gasteiger partial charge < -0.3 is 15.5 Å². The Morgan fingerprint density at radius 3 is 2.53 bits per heavy atom. The molecule has 1 fully saturated rings. The number of nitrogens with zero attached hydrogens (tertiary/aromatic N) is 1. The Labute approximate surface area is 117 Å². The molecule has 0 bridgehead atoms. The third kappa shape index (κ3) is 4.94. The molecule has 0 radical (unpaired) electrons. The number of benzene rings is 1. The molecule has 2 rings (SSSR count). The Kier molecular flexibility index (Phi) is 5.83. The fraction of sp³-hybridized carbons (Fsp3) is 0.625. The molecule has 0 spiro atoms. The van der Waals surface area contributed by atoms with Gasteiger partial charge in [0.2, 0.25) is 0 Å². The van der Waals surface area contributed by atoms with E-state index in [-0.39, 0.29) is 0 Å². The number of hydrogen-bond acceptors (Lipinski definition) is 3. The molecular formula is C16H27N3. The molecule has 3 heteroatoms. The topological polar surface area (TPSA) is 27.3 Å². The van der Waals surface area contributed by atoms with E-state index in [0.717, 1.165) is 25.6 Å². The Morgan fingerprint density at radius 2 is 1.84 bits per heavy atom. The summed E-state index contributed by atoms with van der Waals surface area (Å²) in [6.45, 7) is 5.53. The highest BCUT2D eigenvalue weighted by molar-refractivity contribution is 5.26. The number of rotatable bonds is 6. The van der Waals surface area contributed by atoms with Gasteiger partial charge in [-0.05, 0) is 63.6 Å². The van der Waals surface area contributed by atoms with Gasteiger partial charge in [-0.25, -0.2) is 0 Å². The molecule has 1 heterocycles. The maximum absolute atomic E-state index is 3.64. The summed E-state index contributed by atoms with van der Waals surface area (Å²) in [5.74, 6) is 0.849. The van der Waals surface area contributed by atoms with E-state index in [1.807, 2.05) is 0 Å². The first-order valence-corrected chi connectivity index (χ1v) is 7.38. The van der Waals surface area contributed by atoms with E-state index in [9.17, 15) is 0 Å². The standard InChI is InChI=1S/C16H27N3/c1-19(2)13-16-6-4-3-5-15(16)12-18-11-14-7-9-17-10-8-14/h3-6,14,17-18H,7-13H2,1-2H3. The molecule has 0 aliphatic carbocycles. The maximum atomic E-state index is 3.64. The van der Waals surface area contributed by atoms with Gasteiger partial charge in [-0.15, -0.1) is 0 Å². The SMILES string of the molecule is CN(C)Cc1ccccc1CNCC1CCNCC1. The lowest BCUT2D eigenvalue weighted by Gasteiger charge is -2.23. The summed E-state index contributed by atoms with van der Waals surface area (Å²) in [5.41, 5.74) is 2.87. The lowest BCUT2D eigenvalue weighted by atomic mass is 9.98. The van der Waals surface area contributed by atoms with Crippen molar-refractivity contribution in [2.24, 2.45) is 5.92 Å². The van der Waals surface area contributed by atoms with Crippen LogP contribution >= 0.6 is 0 Å². The van der Waals surface area contributed by atoms with Crippen molar-refractivity contribution in [3.63, 3.8) is 0 Å². The van der Waals surface area contributed by atoms with E-state index in [0.29, 0.717) is 0 Å². The molecule has 0 saturated carbocycles. The first-order chi connectivity index (χ1) is 9.25. The third-order valence-electron chi connectivity index (χ3n) is 3.81. The quantitative estimate of drug-likeness (QED) is 0.818. The zero-order valence-electron chi connectivity index (χ0n) is 12.3. The van der Waals surface area contributed by atoms with E-state index >= 15 is 0 Å². The van der Waals surface area contributed by atoms with Crippen LogP contribution in [0.25, 0.3) is 0 Å². The summed E-state index contributed by atoms with van der Waals surface area (Å²) in [6.07, 6.45) is 2.62. The summed E-state index contributed by atoms with van der Waals surface area (Å²) >= 11 is 0. The van der Waals surface area contributed by atoms with Crippen LogP contribution in [0, 0.1) is 5.92 Å². The molecule has 1 aromatic carbocycles. The molecule has 19 heavy (non-hydrogen) atoms. The van der Waals surface area contributed by atoms with Gasteiger partial charge in [0, 0.05) is 13.1 Å². The Hall–Kier alpha value is -0.900. The van der Waals surface area contributed by atoms with Crippen LogP contribution in [0.3, 0.4) is 0 Å². The Balaban J connectivity index is 1.81. The summed E-state index contributed by atoms with van der Waals surface area (Å²) in [7, 11) is 4.25. The predicted octanol–water partition coefficient (Wildman–Crippen LogP) is 1.84. The van der Waals surface area contributed by atoms with Crippen molar-refractivity contribution in [3.05, 3.63) is 35.4 Å². The van der Waals surface area contributed by atoms with Crippen LogP contribution in [0.2, 0.25) is 0 Å². The molecular weight excluding hydrogens is 234 g/mol. The minimum Gasteiger partial charge on any atom is -0.317 e. The second-order valence-corrected chi connectivity index (χ2v) is 5.83. The smallest absolute Gasteiger partial charge is 0.0230 e. The van der Waals surface area contributed by atoms with Crippen LogP contribution in [0.1, 0.15) is 24.0 Å². The van der Waals surface area contributed by atoms with Crippen LogP contribution in [-0.4, -0.2) is 38.6 Å². The Morgan fingerprint density at radius 1 is 1.16 bits per heavy atom. The van der Waals surface area contributed by atoms with Gasteiger partial charge in [0.15, 0.2) is 0 Å². The van der Waals surface area contributed by atoms with E-state index in [1.54, 1.807) is 0 Å². The van der Waals surface area contributed by atoms with Crippen LogP contribution in [-0.2, 0) is 13.1 Å². The average Bonchev–Trinajstić information content (AvgIpc) is 2.41. The van der Waals surface area contributed by atoms with E-state index in [4.69, 9.17) is 0 Å². The normalized spacial score (nSPS) is 17.0. The van der Waals surface area contributed by atoms with Gasteiger partial charge in [-0.3, -0.25) is 0 Å². The highest BCUT2D eigenvalue weighted by Gasteiger charge is 2.12. The van der Waals surface area contributed by atoms with Crippen LogP contribution in [0.15, 0.2) is 24.3 Å². The molecule has 3 nitrogen and oxygen atoms in total. The van der Waals surface area contributed by atoms with Crippen LogP contribution in [0.5, 0.6) is 0 Å². The largest absolute Gasteiger partial charge is 0.317 e. The minimum atomic E-state index is 0.849. The monoisotopic (exact) mass is 261 g/mol. The second kappa shape index (κ2) is 7.63. The summed E-state index contributed by atoms with van der Waals surface area (Å²) in [6, 6.07) is 8.76. The third-order valence-corrected chi connectivity index (χ3v) is 3.81. The highest BCUT2D eigenvalue weighted by Crippen LogP contribution is 2.12. The first kappa shape index (κ1) is 14.5. The first-order valence-electron chi connectivity index (χ1n) is 7.38. The minimum absolute atomic E-state index is 0.849. The van der Waals surface area contributed by atoms with Crippen molar-refractivity contribution in [2.75, 3.05) is 33.7 Å². The molecule has 1 aromatic rings. The molecule has 1 aliphatic heterocycles. The molecule has 0 unspecified atom stereocenters. The number of hydrogen-bond donors (Lipinski definition) is 2. The fourth-order valence-electron chi connectivity index (χ4n) is 2.72. The molecule has 1 saturated heterocycles. The van der Waals surface area contributed by atoms with Crippen molar-refractivity contribution >= 4 is 0 Å². The molecule has 106 valence electrons. The average molecular weight is 261 g/mol. The summed E-state index contributed by atoms with van der Waals surface area (Å²) < 4.78 is 0. The van der Waals surface area contributed by atoms with E-state index in [1.165, 1.54) is 37.1 Å². The van der Waals surface area contributed by atoms with Gasteiger partial charge in [0.25, 0.3) is 0 Å². The van der Waals surface area contributed by atoms with Gasteiger partial charge in [-0.2, -0.15) is 0 Å². The number of piperidine rings is 1. The molecule has 0 atom stereocenters. The van der Waals surface area contributed by atoms with E-state index < -0.39 is 0 Å².